The molecule has 2 aromatic rings. The molecular formula is C14H15N3O. The highest BCUT2D eigenvalue weighted by molar-refractivity contribution is 5.97. The molecule has 92 valence electrons. The minimum absolute atomic E-state index is 0.0785. The molecule has 0 aliphatic carbocycles. The van der Waals surface area contributed by atoms with Crippen LogP contribution in [0.4, 0.5) is 0 Å². The lowest BCUT2D eigenvalue weighted by atomic mass is 10.1. The number of rotatable bonds is 1. The van der Waals surface area contributed by atoms with Crippen molar-refractivity contribution in [2.75, 3.05) is 26.2 Å². The molecule has 1 saturated heterocycles. The number of carbonyl (C=O) groups is 1. The molecule has 18 heavy (non-hydrogen) atoms. The zero-order chi connectivity index (χ0) is 12.4. The highest BCUT2D eigenvalue weighted by Crippen LogP contribution is 2.14. The van der Waals surface area contributed by atoms with Gasteiger partial charge in [0.25, 0.3) is 5.91 Å². The molecule has 0 spiro atoms. The predicted octanol–water partition coefficient (Wildman–Crippen LogP) is 1.28. The Morgan fingerprint density at radius 1 is 1.22 bits per heavy atom. The smallest absolute Gasteiger partial charge is 0.255 e. The number of fused-ring (bicyclic) bond motifs is 1. The number of carbonyl (C=O) groups excluding carboxylic acids is 1. The van der Waals surface area contributed by atoms with Crippen LogP contribution in [-0.2, 0) is 0 Å². The predicted molar refractivity (Wildman–Crippen MR) is 70.5 cm³/mol. The van der Waals surface area contributed by atoms with E-state index in [2.05, 4.69) is 10.3 Å². The van der Waals surface area contributed by atoms with E-state index in [0.717, 1.165) is 37.1 Å². The summed E-state index contributed by atoms with van der Waals surface area (Å²) in [6, 6.07) is 9.77. The fourth-order valence-corrected chi connectivity index (χ4v) is 2.24. The van der Waals surface area contributed by atoms with E-state index < -0.39 is 0 Å². The lowest BCUT2D eigenvalue weighted by Gasteiger charge is -2.27. The Hall–Kier alpha value is -1.94. The zero-order valence-electron chi connectivity index (χ0n) is 10.1. The van der Waals surface area contributed by atoms with Crippen LogP contribution in [0.5, 0.6) is 0 Å². The van der Waals surface area contributed by atoms with E-state index in [1.54, 1.807) is 6.20 Å². The Kier molecular flexibility index (Phi) is 2.94. The van der Waals surface area contributed by atoms with Gasteiger partial charge in [0.1, 0.15) is 0 Å². The highest BCUT2D eigenvalue weighted by Gasteiger charge is 2.18. The van der Waals surface area contributed by atoms with E-state index in [-0.39, 0.29) is 5.91 Å². The van der Waals surface area contributed by atoms with Gasteiger partial charge in [-0.3, -0.25) is 9.78 Å². The number of nitrogens with one attached hydrogen (secondary N) is 1. The maximum atomic E-state index is 12.3. The molecule has 2 heterocycles. The summed E-state index contributed by atoms with van der Waals surface area (Å²) in [7, 11) is 0. The summed E-state index contributed by atoms with van der Waals surface area (Å²) < 4.78 is 0. The molecule has 0 unspecified atom stereocenters. The molecule has 4 nitrogen and oxygen atoms in total. The Bertz CT molecular complexity index is 576. The van der Waals surface area contributed by atoms with Gasteiger partial charge in [-0.2, -0.15) is 0 Å². The second kappa shape index (κ2) is 4.74. The molecule has 0 saturated carbocycles. The van der Waals surface area contributed by atoms with Gasteiger partial charge in [-0.05, 0) is 12.1 Å². The fraction of sp³-hybridized carbons (Fsp3) is 0.286. The lowest BCUT2D eigenvalue weighted by molar-refractivity contribution is 0.0735. The second-order valence-corrected chi connectivity index (χ2v) is 4.46. The van der Waals surface area contributed by atoms with Crippen LogP contribution in [-0.4, -0.2) is 42.0 Å². The maximum absolute atomic E-state index is 12.3. The molecule has 1 aliphatic heterocycles. The molecule has 1 fully saturated rings. The Labute approximate surface area is 106 Å². The summed E-state index contributed by atoms with van der Waals surface area (Å²) in [4.78, 5) is 18.5. The van der Waals surface area contributed by atoms with Crippen LogP contribution in [0.1, 0.15) is 10.4 Å². The van der Waals surface area contributed by atoms with Gasteiger partial charge in [0.05, 0.1) is 11.1 Å². The van der Waals surface area contributed by atoms with Gasteiger partial charge in [-0.15, -0.1) is 0 Å². The van der Waals surface area contributed by atoms with Gasteiger partial charge in [0.2, 0.25) is 0 Å². The van der Waals surface area contributed by atoms with Gasteiger partial charge < -0.3 is 10.2 Å². The van der Waals surface area contributed by atoms with E-state index in [1.807, 2.05) is 35.2 Å². The molecule has 1 aromatic carbocycles. The number of pyridine rings is 1. The number of aromatic nitrogens is 1. The SMILES string of the molecule is O=C(c1cnc2ccccc2c1)N1CCNCC1. The standard InChI is InChI=1S/C14H15N3O/c18-14(17-7-5-15-6-8-17)12-9-11-3-1-2-4-13(11)16-10-12/h1-4,9-10,15H,5-8H2. The monoisotopic (exact) mass is 241 g/mol. The van der Waals surface area contributed by atoms with Crippen molar-refractivity contribution in [3.8, 4) is 0 Å². The van der Waals surface area contributed by atoms with Crippen molar-refractivity contribution >= 4 is 16.8 Å². The summed E-state index contributed by atoms with van der Waals surface area (Å²) in [5.74, 6) is 0.0785. The van der Waals surface area contributed by atoms with E-state index in [4.69, 9.17) is 0 Å². The van der Waals surface area contributed by atoms with Gasteiger partial charge in [-0.1, -0.05) is 18.2 Å². The van der Waals surface area contributed by atoms with Gasteiger partial charge in [0.15, 0.2) is 0 Å². The third-order valence-electron chi connectivity index (χ3n) is 3.24. The van der Waals surface area contributed by atoms with Crippen LogP contribution >= 0.6 is 0 Å². The Morgan fingerprint density at radius 2 is 2.00 bits per heavy atom. The quantitative estimate of drug-likeness (QED) is 0.818. The summed E-state index contributed by atoms with van der Waals surface area (Å²) in [5, 5.41) is 4.25. The van der Waals surface area contributed by atoms with Crippen molar-refractivity contribution in [1.29, 1.82) is 0 Å². The average Bonchev–Trinajstić information content (AvgIpc) is 2.47. The number of amides is 1. The van der Waals surface area contributed by atoms with E-state index in [1.165, 1.54) is 0 Å². The summed E-state index contributed by atoms with van der Waals surface area (Å²) in [6.45, 7) is 3.27. The molecule has 1 amide bonds. The molecule has 1 aliphatic rings. The topological polar surface area (TPSA) is 45.2 Å². The van der Waals surface area contributed by atoms with Crippen molar-refractivity contribution in [3.63, 3.8) is 0 Å². The van der Waals surface area contributed by atoms with Crippen LogP contribution in [0.15, 0.2) is 36.5 Å². The molecule has 1 N–H and O–H groups in total. The molecule has 1 aromatic heterocycles. The highest BCUT2D eigenvalue weighted by atomic mass is 16.2. The summed E-state index contributed by atoms with van der Waals surface area (Å²) >= 11 is 0. The largest absolute Gasteiger partial charge is 0.336 e. The van der Waals surface area contributed by atoms with Crippen molar-refractivity contribution < 1.29 is 4.79 Å². The molecular weight excluding hydrogens is 226 g/mol. The number of para-hydroxylation sites is 1. The van der Waals surface area contributed by atoms with E-state index >= 15 is 0 Å². The first-order chi connectivity index (χ1) is 8.84. The average molecular weight is 241 g/mol. The minimum Gasteiger partial charge on any atom is -0.336 e. The van der Waals surface area contributed by atoms with Gasteiger partial charge in [0, 0.05) is 37.8 Å². The number of benzene rings is 1. The first-order valence-corrected chi connectivity index (χ1v) is 6.19. The van der Waals surface area contributed by atoms with Crippen molar-refractivity contribution in [3.05, 3.63) is 42.1 Å². The summed E-state index contributed by atoms with van der Waals surface area (Å²) in [6.07, 6.45) is 1.67. The van der Waals surface area contributed by atoms with Crippen LogP contribution in [0.3, 0.4) is 0 Å². The van der Waals surface area contributed by atoms with Crippen LogP contribution in [0.2, 0.25) is 0 Å². The first-order valence-electron chi connectivity index (χ1n) is 6.19. The van der Waals surface area contributed by atoms with Crippen LogP contribution in [0.25, 0.3) is 10.9 Å². The van der Waals surface area contributed by atoms with Crippen molar-refractivity contribution in [2.24, 2.45) is 0 Å². The Balaban J connectivity index is 1.91. The molecule has 0 bridgehead atoms. The number of hydrogen-bond donors (Lipinski definition) is 1. The molecule has 3 rings (SSSR count). The fourth-order valence-electron chi connectivity index (χ4n) is 2.24. The van der Waals surface area contributed by atoms with E-state index in [0.29, 0.717) is 5.56 Å². The van der Waals surface area contributed by atoms with Crippen LogP contribution in [0, 0.1) is 0 Å². The summed E-state index contributed by atoms with van der Waals surface area (Å²) in [5.41, 5.74) is 1.60. The van der Waals surface area contributed by atoms with Crippen molar-refractivity contribution in [1.82, 2.24) is 15.2 Å². The number of hydrogen-bond acceptors (Lipinski definition) is 3. The third-order valence-corrected chi connectivity index (χ3v) is 3.24. The molecule has 0 atom stereocenters. The van der Waals surface area contributed by atoms with Crippen LogP contribution < -0.4 is 5.32 Å². The molecule has 0 radical (unpaired) electrons. The minimum atomic E-state index is 0.0785. The second-order valence-electron chi connectivity index (χ2n) is 4.46. The number of piperazine rings is 1. The van der Waals surface area contributed by atoms with Gasteiger partial charge >= 0.3 is 0 Å². The van der Waals surface area contributed by atoms with Gasteiger partial charge in [-0.25, -0.2) is 0 Å². The first kappa shape index (κ1) is 11.2. The normalized spacial score (nSPS) is 15.9. The Morgan fingerprint density at radius 3 is 2.83 bits per heavy atom. The van der Waals surface area contributed by atoms with Crippen molar-refractivity contribution in [2.45, 2.75) is 0 Å². The zero-order valence-corrected chi connectivity index (χ0v) is 10.1. The molecule has 4 heteroatoms. The lowest BCUT2D eigenvalue weighted by Crippen LogP contribution is -2.46. The number of nitrogens with zero attached hydrogens (tertiary/aromatic N) is 2. The third kappa shape index (κ3) is 2.07. The van der Waals surface area contributed by atoms with E-state index in [9.17, 15) is 4.79 Å². The maximum Gasteiger partial charge on any atom is 0.255 e.